The lowest BCUT2D eigenvalue weighted by atomic mass is 10.3. The number of nitrogens with zero attached hydrogens (tertiary/aromatic N) is 1. The molecule has 1 aliphatic rings. The Morgan fingerprint density at radius 3 is 2.60 bits per heavy atom. The summed E-state index contributed by atoms with van der Waals surface area (Å²) in [5.74, 6) is 0.457. The van der Waals surface area contributed by atoms with Crippen LogP contribution in [0.2, 0.25) is 0 Å². The van der Waals surface area contributed by atoms with Crippen molar-refractivity contribution in [2.24, 2.45) is 5.92 Å². The Kier molecular flexibility index (Phi) is 4.56. The first-order valence-electron chi connectivity index (χ1n) is 7.29. The maximum absolute atomic E-state index is 12.3. The molecule has 2 atom stereocenters. The van der Waals surface area contributed by atoms with Gasteiger partial charge in [0, 0.05) is 30.5 Å². The molecule has 0 radical (unpaired) electrons. The summed E-state index contributed by atoms with van der Waals surface area (Å²) in [6, 6.07) is 2.13. The molecule has 0 bridgehead atoms. The molecule has 1 saturated carbocycles. The summed E-state index contributed by atoms with van der Waals surface area (Å²) in [6.45, 7) is 9.76. The highest BCUT2D eigenvalue weighted by molar-refractivity contribution is 7.89. The molecule has 0 aromatic carbocycles. The minimum atomic E-state index is -3.39. The van der Waals surface area contributed by atoms with Crippen molar-refractivity contribution in [3.05, 3.63) is 18.0 Å². The van der Waals surface area contributed by atoms with Gasteiger partial charge >= 0.3 is 0 Å². The van der Waals surface area contributed by atoms with E-state index in [4.69, 9.17) is 0 Å². The average molecular weight is 299 g/mol. The predicted octanol–water partition coefficient (Wildman–Crippen LogP) is 1.87. The third kappa shape index (κ3) is 3.42. The van der Waals surface area contributed by atoms with Gasteiger partial charge in [-0.15, -0.1) is 0 Å². The highest BCUT2D eigenvalue weighted by Crippen LogP contribution is 2.31. The third-order valence-corrected chi connectivity index (χ3v) is 5.20. The van der Waals surface area contributed by atoms with Gasteiger partial charge in [0.15, 0.2) is 0 Å². The van der Waals surface area contributed by atoms with Crippen LogP contribution >= 0.6 is 0 Å². The molecule has 0 spiro atoms. The van der Waals surface area contributed by atoms with Crippen molar-refractivity contribution in [3.8, 4) is 0 Å². The average Bonchev–Trinajstić information content (AvgIpc) is 2.90. The van der Waals surface area contributed by atoms with Crippen molar-refractivity contribution < 1.29 is 8.42 Å². The molecule has 0 saturated heterocycles. The van der Waals surface area contributed by atoms with Crippen molar-refractivity contribution in [2.75, 3.05) is 6.54 Å². The molecule has 1 heterocycles. The van der Waals surface area contributed by atoms with E-state index in [0.717, 1.165) is 18.7 Å². The SMILES string of the molecule is CCNCc1cc(S(=O)(=O)NC2CC2C)cn1C(C)C. The van der Waals surface area contributed by atoms with E-state index in [1.165, 1.54) is 0 Å². The molecule has 1 aromatic heterocycles. The van der Waals surface area contributed by atoms with Crippen LogP contribution in [0.5, 0.6) is 0 Å². The van der Waals surface area contributed by atoms with Crippen LogP contribution in [0, 0.1) is 5.92 Å². The molecule has 5 nitrogen and oxygen atoms in total. The molecule has 1 fully saturated rings. The fourth-order valence-electron chi connectivity index (χ4n) is 2.27. The minimum absolute atomic E-state index is 0.111. The third-order valence-electron chi connectivity index (χ3n) is 3.75. The standard InChI is InChI=1S/C14H25N3O2S/c1-5-15-8-12-7-13(9-17(12)10(2)3)20(18,19)16-14-6-11(14)4/h7,9-11,14-16H,5-6,8H2,1-4H3. The molecule has 2 rings (SSSR count). The van der Waals surface area contributed by atoms with E-state index in [2.05, 4.69) is 30.8 Å². The normalized spacial score (nSPS) is 22.4. The summed E-state index contributed by atoms with van der Waals surface area (Å²) in [7, 11) is -3.39. The molecule has 0 amide bonds. The second-order valence-corrected chi connectivity index (χ2v) is 7.60. The van der Waals surface area contributed by atoms with Crippen molar-refractivity contribution in [1.82, 2.24) is 14.6 Å². The highest BCUT2D eigenvalue weighted by atomic mass is 32.2. The summed E-state index contributed by atoms with van der Waals surface area (Å²) in [5, 5.41) is 3.25. The Hall–Kier alpha value is -0.850. The summed E-state index contributed by atoms with van der Waals surface area (Å²) in [6.07, 6.45) is 2.68. The predicted molar refractivity (Wildman–Crippen MR) is 80.1 cm³/mol. The van der Waals surface area contributed by atoms with Crippen LogP contribution in [0.1, 0.15) is 45.9 Å². The van der Waals surface area contributed by atoms with Crippen molar-refractivity contribution in [1.29, 1.82) is 0 Å². The smallest absolute Gasteiger partial charge is 0.242 e. The van der Waals surface area contributed by atoms with Crippen LogP contribution in [0.15, 0.2) is 17.2 Å². The fraction of sp³-hybridized carbons (Fsp3) is 0.714. The summed E-state index contributed by atoms with van der Waals surface area (Å²) < 4.78 is 29.5. The van der Waals surface area contributed by atoms with E-state index in [1.807, 2.05) is 11.5 Å². The van der Waals surface area contributed by atoms with Gasteiger partial charge in [0.05, 0.1) is 4.90 Å². The van der Waals surface area contributed by atoms with Crippen molar-refractivity contribution >= 4 is 10.0 Å². The van der Waals surface area contributed by atoms with Gasteiger partial charge in [0.25, 0.3) is 0 Å². The van der Waals surface area contributed by atoms with Crippen LogP contribution in [0.25, 0.3) is 0 Å². The summed E-state index contributed by atoms with van der Waals surface area (Å²) in [4.78, 5) is 0.373. The molecule has 2 unspecified atom stereocenters. The molecular formula is C14H25N3O2S. The van der Waals surface area contributed by atoms with E-state index >= 15 is 0 Å². The van der Waals surface area contributed by atoms with Crippen LogP contribution in [-0.4, -0.2) is 25.6 Å². The Morgan fingerprint density at radius 1 is 1.45 bits per heavy atom. The van der Waals surface area contributed by atoms with Gasteiger partial charge in [-0.25, -0.2) is 13.1 Å². The molecule has 1 aromatic rings. The van der Waals surface area contributed by atoms with Gasteiger partial charge in [0.1, 0.15) is 0 Å². The second kappa shape index (κ2) is 5.87. The Balaban J connectivity index is 2.22. The lowest BCUT2D eigenvalue weighted by molar-refractivity contribution is 0.554. The monoisotopic (exact) mass is 299 g/mol. The Bertz CT molecular complexity index is 563. The van der Waals surface area contributed by atoms with Gasteiger partial charge < -0.3 is 9.88 Å². The van der Waals surface area contributed by atoms with Crippen molar-refractivity contribution in [3.63, 3.8) is 0 Å². The number of hydrogen-bond donors (Lipinski definition) is 2. The van der Waals surface area contributed by atoms with Gasteiger partial charge in [-0.1, -0.05) is 13.8 Å². The molecule has 6 heteroatoms. The number of hydrogen-bond acceptors (Lipinski definition) is 3. The van der Waals surface area contributed by atoms with Crippen LogP contribution in [0.4, 0.5) is 0 Å². The molecule has 20 heavy (non-hydrogen) atoms. The number of aromatic nitrogens is 1. The van der Waals surface area contributed by atoms with E-state index in [0.29, 0.717) is 17.4 Å². The zero-order valence-electron chi connectivity index (χ0n) is 12.7. The number of rotatable bonds is 7. The minimum Gasteiger partial charge on any atom is -0.346 e. The van der Waals surface area contributed by atoms with Crippen LogP contribution in [-0.2, 0) is 16.6 Å². The molecule has 2 N–H and O–H groups in total. The lowest BCUT2D eigenvalue weighted by Crippen LogP contribution is -2.26. The van der Waals surface area contributed by atoms with Crippen LogP contribution in [0.3, 0.4) is 0 Å². The van der Waals surface area contributed by atoms with E-state index in [-0.39, 0.29) is 12.1 Å². The van der Waals surface area contributed by atoms with E-state index in [9.17, 15) is 8.42 Å². The first-order chi connectivity index (χ1) is 9.35. The van der Waals surface area contributed by atoms with Gasteiger partial charge in [0.2, 0.25) is 10.0 Å². The maximum atomic E-state index is 12.3. The highest BCUT2D eigenvalue weighted by Gasteiger charge is 2.36. The van der Waals surface area contributed by atoms with E-state index in [1.54, 1.807) is 12.3 Å². The zero-order chi connectivity index (χ0) is 14.9. The first-order valence-corrected chi connectivity index (χ1v) is 8.77. The quantitative estimate of drug-likeness (QED) is 0.808. The van der Waals surface area contributed by atoms with Crippen LogP contribution < -0.4 is 10.0 Å². The second-order valence-electron chi connectivity index (χ2n) is 5.89. The molecule has 0 aliphatic heterocycles. The van der Waals surface area contributed by atoms with Crippen molar-refractivity contribution in [2.45, 2.75) is 57.6 Å². The van der Waals surface area contributed by atoms with Gasteiger partial charge in [-0.2, -0.15) is 0 Å². The van der Waals surface area contributed by atoms with E-state index < -0.39 is 10.0 Å². The molecular weight excluding hydrogens is 274 g/mol. The van der Waals surface area contributed by atoms with Gasteiger partial charge in [-0.05, 0) is 38.8 Å². The zero-order valence-corrected chi connectivity index (χ0v) is 13.5. The summed E-state index contributed by atoms with van der Waals surface area (Å²) in [5.41, 5.74) is 1.01. The number of nitrogens with one attached hydrogen (secondary N) is 2. The Labute approximate surface area is 121 Å². The topological polar surface area (TPSA) is 63.1 Å². The Morgan fingerprint density at radius 2 is 2.10 bits per heavy atom. The fourth-order valence-corrected chi connectivity index (χ4v) is 3.68. The summed E-state index contributed by atoms with van der Waals surface area (Å²) >= 11 is 0. The first kappa shape index (κ1) is 15.5. The largest absolute Gasteiger partial charge is 0.346 e. The molecule has 1 aliphatic carbocycles. The number of sulfonamides is 1. The lowest BCUT2D eigenvalue weighted by Gasteiger charge is -2.12. The molecule has 114 valence electrons. The van der Waals surface area contributed by atoms with Gasteiger partial charge in [-0.3, -0.25) is 0 Å². The maximum Gasteiger partial charge on any atom is 0.242 e.